The first-order valence-corrected chi connectivity index (χ1v) is 6.65. The molecule has 6 heteroatoms. The third kappa shape index (κ3) is 2.36. The summed E-state index contributed by atoms with van der Waals surface area (Å²) in [4.78, 5) is 4.30. The number of aromatic nitrogens is 3. The van der Waals surface area contributed by atoms with Crippen molar-refractivity contribution in [1.29, 1.82) is 0 Å². The summed E-state index contributed by atoms with van der Waals surface area (Å²) in [5.74, 6) is -0.0237. The monoisotopic (exact) mass is 302 g/mol. The van der Waals surface area contributed by atoms with Crippen LogP contribution in [0.4, 0.5) is 10.2 Å². The summed E-state index contributed by atoms with van der Waals surface area (Å²) < 4.78 is 15.2. The van der Waals surface area contributed by atoms with Gasteiger partial charge < -0.3 is 5.73 Å². The van der Waals surface area contributed by atoms with Crippen LogP contribution in [0.3, 0.4) is 0 Å². The fourth-order valence-corrected chi connectivity index (χ4v) is 2.26. The maximum Gasteiger partial charge on any atom is 0.142 e. The van der Waals surface area contributed by atoms with Gasteiger partial charge in [-0.3, -0.25) is 9.67 Å². The normalized spacial score (nSPS) is 10.8. The molecule has 0 aliphatic carbocycles. The number of rotatable bonds is 2. The van der Waals surface area contributed by atoms with E-state index in [2.05, 4.69) is 10.1 Å². The van der Waals surface area contributed by atoms with Crippen LogP contribution in [0, 0.1) is 5.82 Å². The van der Waals surface area contributed by atoms with Crippen LogP contribution in [0.2, 0.25) is 5.02 Å². The second-order valence-corrected chi connectivity index (χ2v) is 4.98. The molecule has 0 spiro atoms. The van der Waals surface area contributed by atoms with Gasteiger partial charge in [-0.1, -0.05) is 23.7 Å². The van der Waals surface area contributed by atoms with Crippen molar-refractivity contribution in [2.45, 2.75) is 0 Å². The fraction of sp³-hybridized carbons (Fsp3) is 0.0667. The lowest BCUT2D eigenvalue weighted by molar-refractivity contribution is 0.628. The van der Waals surface area contributed by atoms with Crippen molar-refractivity contribution in [2.24, 2.45) is 7.05 Å². The Bertz CT molecular complexity index is 799. The molecular formula is C15H12ClFN4. The average molecular weight is 303 g/mol. The second kappa shape index (κ2) is 5.18. The zero-order valence-electron chi connectivity index (χ0n) is 11.2. The average Bonchev–Trinajstić information content (AvgIpc) is 2.79. The Kier molecular flexibility index (Phi) is 3.35. The van der Waals surface area contributed by atoms with Crippen molar-refractivity contribution < 1.29 is 4.39 Å². The molecule has 2 N–H and O–H groups in total. The lowest BCUT2D eigenvalue weighted by atomic mass is 10.0. The Labute approximate surface area is 126 Å². The number of aryl methyl sites for hydroxylation is 1. The van der Waals surface area contributed by atoms with Crippen LogP contribution < -0.4 is 5.73 Å². The van der Waals surface area contributed by atoms with Gasteiger partial charge in [-0.15, -0.1) is 0 Å². The predicted octanol–water partition coefficient (Wildman–Crippen LogP) is 3.52. The van der Waals surface area contributed by atoms with Crippen molar-refractivity contribution in [3.8, 4) is 22.5 Å². The molecule has 0 unspecified atom stereocenters. The molecule has 106 valence electrons. The van der Waals surface area contributed by atoms with Crippen LogP contribution in [0.25, 0.3) is 22.5 Å². The minimum atomic E-state index is -0.495. The van der Waals surface area contributed by atoms with Crippen molar-refractivity contribution in [3.05, 3.63) is 53.4 Å². The number of nitrogens with zero attached hydrogens (tertiary/aromatic N) is 3. The van der Waals surface area contributed by atoms with Gasteiger partial charge >= 0.3 is 0 Å². The van der Waals surface area contributed by atoms with E-state index >= 15 is 0 Å². The highest BCUT2D eigenvalue weighted by Crippen LogP contribution is 2.35. The molecule has 3 rings (SSSR count). The molecule has 0 fully saturated rings. The van der Waals surface area contributed by atoms with E-state index in [-0.39, 0.29) is 5.02 Å². The van der Waals surface area contributed by atoms with E-state index in [1.807, 2.05) is 18.2 Å². The maximum absolute atomic E-state index is 13.7. The van der Waals surface area contributed by atoms with Gasteiger partial charge in [0.1, 0.15) is 17.3 Å². The van der Waals surface area contributed by atoms with E-state index in [9.17, 15) is 4.39 Å². The van der Waals surface area contributed by atoms with Crippen molar-refractivity contribution in [3.63, 3.8) is 0 Å². The number of benzene rings is 1. The molecule has 2 aromatic heterocycles. The summed E-state index contributed by atoms with van der Waals surface area (Å²) in [5, 5.41) is 4.44. The van der Waals surface area contributed by atoms with Crippen LogP contribution in [-0.2, 0) is 7.05 Å². The third-order valence-electron chi connectivity index (χ3n) is 3.21. The Morgan fingerprint density at radius 3 is 2.71 bits per heavy atom. The second-order valence-electron chi connectivity index (χ2n) is 4.58. The van der Waals surface area contributed by atoms with E-state index in [0.717, 1.165) is 0 Å². The summed E-state index contributed by atoms with van der Waals surface area (Å²) in [7, 11) is 1.73. The van der Waals surface area contributed by atoms with E-state index < -0.39 is 5.82 Å². The van der Waals surface area contributed by atoms with Crippen molar-refractivity contribution in [2.75, 3.05) is 5.73 Å². The molecule has 2 heterocycles. The van der Waals surface area contributed by atoms with Crippen LogP contribution >= 0.6 is 11.6 Å². The zero-order chi connectivity index (χ0) is 15.0. The van der Waals surface area contributed by atoms with E-state index in [0.29, 0.717) is 28.3 Å². The molecule has 0 amide bonds. The highest BCUT2D eigenvalue weighted by molar-refractivity contribution is 6.30. The smallest absolute Gasteiger partial charge is 0.142 e. The first-order chi connectivity index (χ1) is 10.1. The quantitative estimate of drug-likeness (QED) is 0.788. The molecule has 0 radical (unpaired) electrons. The molecule has 0 bridgehead atoms. The first-order valence-electron chi connectivity index (χ1n) is 6.27. The molecule has 4 nitrogen and oxygen atoms in total. The van der Waals surface area contributed by atoms with Crippen LogP contribution in [0.5, 0.6) is 0 Å². The zero-order valence-corrected chi connectivity index (χ0v) is 12.0. The summed E-state index contributed by atoms with van der Waals surface area (Å²) >= 11 is 5.72. The summed E-state index contributed by atoms with van der Waals surface area (Å²) in [6, 6.07) is 10.1. The highest BCUT2D eigenvalue weighted by Gasteiger charge is 2.19. The van der Waals surface area contributed by atoms with Crippen LogP contribution in [0.1, 0.15) is 0 Å². The van der Waals surface area contributed by atoms with E-state index in [1.165, 1.54) is 12.1 Å². The van der Waals surface area contributed by atoms with Gasteiger partial charge in [0.15, 0.2) is 0 Å². The minimum absolute atomic E-state index is 0.0713. The van der Waals surface area contributed by atoms with E-state index in [1.54, 1.807) is 24.0 Å². The topological polar surface area (TPSA) is 56.7 Å². The fourth-order valence-electron chi connectivity index (χ4n) is 2.15. The number of hydrogen-bond acceptors (Lipinski definition) is 3. The Morgan fingerprint density at radius 2 is 2.05 bits per heavy atom. The molecule has 0 atom stereocenters. The van der Waals surface area contributed by atoms with Gasteiger partial charge in [0.05, 0.1) is 16.3 Å². The molecule has 0 aliphatic rings. The van der Waals surface area contributed by atoms with Crippen molar-refractivity contribution >= 4 is 17.4 Å². The standard InChI is InChI=1S/C15H12ClFN4/c1-21-15(18)13(12-4-2-3-7-19-12)14(20-21)9-5-6-10(16)11(17)8-9/h2-8H,18H2,1H3. The molecule has 0 aliphatic heterocycles. The number of halogens is 2. The molecule has 1 aromatic carbocycles. The van der Waals surface area contributed by atoms with E-state index in [4.69, 9.17) is 17.3 Å². The highest BCUT2D eigenvalue weighted by atomic mass is 35.5. The SMILES string of the molecule is Cn1nc(-c2ccc(Cl)c(F)c2)c(-c2ccccn2)c1N. The van der Waals surface area contributed by atoms with Gasteiger partial charge in [0, 0.05) is 18.8 Å². The lowest BCUT2D eigenvalue weighted by Crippen LogP contribution is -1.98. The van der Waals surface area contributed by atoms with Gasteiger partial charge in [-0.05, 0) is 24.3 Å². The number of hydrogen-bond donors (Lipinski definition) is 1. The molecule has 0 saturated carbocycles. The molecular weight excluding hydrogens is 291 g/mol. The predicted molar refractivity (Wildman–Crippen MR) is 81.3 cm³/mol. The van der Waals surface area contributed by atoms with Crippen molar-refractivity contribution in [1.82, 2.24) is 14.8 Å². The summed E-state index contributed by atoms with van der Waals surface area (Å²) in [5.41, 5.74) is 8.63. The van der Waals surface area contributed by atoms with Crippen LogP contribution in [0.15, 0.2) is 42.6 Å². The summed E-state index contributed by atoms with van der Waals surface area (Å²) in [6.45, 7) is 0. The lowest BCUT2D eigenvalue weighted by Gasteiger charge is -2.04. The molecule has 21 heavy (non-hydrogen) atoms. The summed E-state index contributed by atoms with van der Waals surface area (Å²) in [6.07, 6.45) is 1.67. The van der Waals surface area contributed by atoms with Crippen LogP contribution in [-0.4, -0.2) is 14.8 Å². The van der Waals surface area contributed by atoms with Gasteiger partial charge in [-0.2, -0.15) is 5.10 Å². The van der Waals surface area contributed by atoms with Gasteiger partial charge in [0.2, 0.25) is 0 Å². The third-order valence-corrected chi connectivity index (χ3v) is 3.51. The largest absolute Gasteiger partial charge is 0.383 e. The number of anilines is 1. The Morgan fingerprint density at radius 1 is 1.24 bits per heavy atom. The van der Waals surface area contributed by atoms with Gasteiger partial charge in [0.25, 0.3) is 0 Å². The Hall–Kier alpha value is -2.40. The molecule has 3 aromatic rings. The van der Waals surface area contributed by atoms with Gasteiger partial charge in [-0.25, -0.2) is 4.39 Å². The number of nitrogens with two attached hydrogens (primary N) is 1. The number of pyridine rings is 1. The Balaban J connectivity index is 2.24. The first kappa shape index (κ1) is 13.6. The number of nitrogen functional groups attached to an aromatic ring is 1. The minimum Gasteiger partial charge on any atom is -0.383 e. The maximum atomic E-state index is 13.7. The molecule has 0 saturated heterocycles.